The van der Waals surface area contributed by atoms with Gasteiger partial charge in [-0.25, -0.2) is 21.5 Å². The third-order valence-electron chi connectivity index (χ3n) is 7.27. The minimum atomic E-state index is -3.32. The summed E-state index contributed by atoms with van der Waals surface area (Å²) in [5.41, 5.74) is 1.29. The molecule has 3 heterocycles. The number of fused-ring (bicyclic) bond motifs is 2. The number of amides is 1. The lowest BCUT2D eigenvalue weighted by atomic mass is 9.97. The molecule has 192 valence electrons. The van der Waals surface area contributed by atoms with Gasteiger partial charge in [-0.1, -0.05) is 18.2 Å². The van der Waals surface area contributed by atoms with E-state index < -0.39 is 27.9 Å². The Bertz CT molecular complexity index is 1510. The highest BCUT2D eigenvalue weighted by Crippen LogP contribution is 2.43. The van der Waals surface area contributed by atoms with E-state index in [-0.39, 0.29) is 59.6 Å². The largest absolute Gasteiger partial charge is 0.345 e. The first kappa shape index (κ1) is 24.6. The normalized spacial score (nSPS) is 19.3. The van der Waals surface area contributed by atoms with Crippen molar-refractivity contribution in [3.63, 3.8) is 0 Å². The summed E-state index contributed by atoms with van der Waals surface area (Å²) in [5.74, 6) is -3.36. The number of halogens is 2. The minimum Gasteiger partial charge on any atom is -0.345 e. The van der Waals surface area contributed by atoms with E-state index >= 15 is 0 Å². The number of aromatic nitrogens is 3. The van der Waals surface area contributed by atoms with Gasteiger partial charge in [0.2, 0.25) is 10.0 Å². The number of rotatable bonds is 5. The van der Waals surface area contributed by atoms with Gasteiger partial charge in [0.1, 0.15) is 5.52 Å². The molecule has 1 amide bonds. The van der Waals surface area contributed by atoms with Crippen molar-refractivity contribution in [2.75, 3.05) is 19.3 Å². The van der Waals surface area contributed by atoms with Crippen LogP contribution >= 0.6 is 0 Å². The maximum absolute atomic E-state index is 14.2. The molecule has 0 saturated carbocycles. The zero-order valence-corrected chi connectivity index (χ0v) is 20.7. The van der Waals surface area contributed by atoms with Crippen molar-refractivity contribution in [1.82, 2.24) is 24.4 Å². The van der Waals surface area contributed by atoms with Gasteiger partial charge in [-0.3, -0.25) is 14.7 Å². The molecule has 1 unspecified atom stereocenters. The molecule has 1 aliphatic heterocycles. The molecule has 5 rings (SSSR count). The summed E-state index contributed by atoms with van der Waals surface area (Å²) in [6.07, 6.45) is 4.90. The monoisotopic (exact) mass is 519 g/mol. The molecule has 9 nitrogen and oxygen atoms in total. The highest BCUT2D eigenvalue weighted by Gasteiger charge is 2.40. The van der Waals surface area contributed by atoms with Crippen LogP contribution in [-0.2, 0) is 22.4 Å². The Morgan fingerprint density at radius 3 is 2.69 bits per heavy atom. The van der Waals surface area contributed by atoms with Crippen LogP contribution in [0.4, 0.5) is 8.78 Å². The summed E-state index contributed by atoms with van der Waals surface area (Å²) in [6.45, 7) is 2.30. The molecule has 0 spiro atoms. The van der Waals surface area contributed by atoms with E-state index in [2.05, 4.69) is 15.5 Å². The number of nitrogens with one attached hydrogen (secondary N) is 2. The van der Waals surface area contributed by atoms with Crippen LogP contribution in [0.5, 0.6) is 0 Å². The zero-order chi connectivity index (χ0) is 25.8. The highest BCUT2D eigenvalue weighted by atomic mass is 32.2. The van der Waals surface area contributed by atoms with Gasteiger partial charge >= 0.3 is 0 Å². The van der Waals surface area contributed by atoms with Crippen molar-refractivity contribution in [2.45, 2.75) is 50.6 Å². The van der Waals surface area contributed by atoms with Crippen molar-refractivity contribution in [2.24, 2.45) is 0 Å². The molecule has 2 aliphatic rings. The summed E-state index contributed by atoms with van der Waals surface area (Å²) in [4.78, 5) is 26.5. The molecule has 2 N–H and O–H groups in total. The number of nitrogens with zero attached hydrogens (tertiary/aromatic N) is 3. The van der Waals surface area contributed by atoms with Crippen molar-refractivity contribution >= 4 is 26.8 Å². The molecule has 36 heavy (non-hydrogen) atoms. The third kappa shape index (κ3) is 4.21. The molecule has 1 fully saturated rings. The molecular formula is C24H27F2N5O4S. The van der Waals surface area contributed by atoms with Gasteiger partial charge < -0.3 is 9.88 Å². The summed E-state index contributed by atoms with van der Waals surface area (Å²) in [6, 6.07) is 3.92. The van der Waals surface area contributed by atoms with Gasteiger partial charge in [0, 0.05) is 43.5 Å². The molecule has 1 aliphatic carbocycles. The summed E-state index contributed by atoms with van der Waals surface area (Å²) >= 11 is 0. The van der Waals surface area contributed by atoms with Gasteiger partial charge in [-0.05, 0) is 37.3 Å². The summed E-state index contributed by atoms with van der Waals surface area (Å²) in [5, 5.41) is 9.89. The molecule has 1 atom stereocenters. The molecule has 12 heteroatoms. The molecule has 2 aromatic heterocycles. The number of piperidine rings is 1. The number of hydrogen-bond donors (Lipinski definition) is 2. The van der Waals surface area contributed by atoms with Crippen molar-refractivity contribution in [3.05, 3.63) is 63.2 Å². The first-order valence-electron chi connectivity index (χ1n) is 11.8. The maximum atomic E-state index is 14.2. The lowest BCUT2D eigenvalue weighted by molar-refractivity contribution is -0.00185. The van der Waals surface area contributed by atoms with Crippen LogP contribution in [0.1, 0.15) is 65.3 Å². The van der Waals surface area contributed by atoms with Crippen LogP contribution in [-0.4, -0.2) is 52.7 Å². The number of alkyl halides is 2. The van der Waals surface area contributed by atoms with E-state index in [0.29, 0.717) is 24.0 Å². The zero-order valence-electron chi connectivity index (χ0n) is 19.9. The minimum absolute atomic E-state index is 0.00442. The second-order valence-corrected chi connectivity index (χ2v) is 11.6. The third-order valence-corrected chi connectivity index (χ3v) is 8.57. The van der Waals surface area contributed by atoms with E-state index in [1.165, 1.54) is 27.3 Å². The topological polar surface area (TPSA) is 117 Å². The number of pyridine rings is 1. The predicted octanol–water partition coefficient (Wildman–Crippen LogP) is 2.85. The number of H-pyrrole nitrogens is 1. The van der Waals surface area contributed by atoms with Gasteiger partial charge in [0.25, 0.3) is 17.4 Å². The summed E-state index contributed by atoms with van der Waals surface area (Å²) in [7, 11) is -3.32. The van der Waals surface area contributed by atoms with Crippen LogP contribution in [0.25, 0.3) is 10.9 Å². The van der Waals surface area contributed by atoms with Crippen LogP contribution in [0.15, 0.2) is 35.4 Å². The SMILES string of the molecule is CC(NC(=O)c1cn(C2CCN(S(C)(=O)=O)CC2)c(=O)c2c[nH]nc12)c1cccc2c1CCC2(F)F. The lowest BCUT2D eigenvalue weighted by Gasteiger charge is -2.31. The van der Waals surface area contributed by atoms with Crippen molar-refractivity contribution in [3.8, 4) is 0 Å². The van der Waals surface area contributed by atoms with Crippen LogP contribution < -0.4 is 10.9 Å². The fourth-order valence-electron chi connectivity index (χ4n) is 5.35. The Kier molecular flexibility index (Phi) is 5.98. The van der Waals surface area contributed by atoms with Crippen molar-refractivity contribution < 1.29 is 22.0 Å². The van der Waals surface area contributed by atoms with Crippen molar-refractivity contribution in [1.29, 1.82) is 0 Å². The van der Waals surface area contributed by atoms with Crippen LogP contribution in [0.2, 0.25) is 0 Å². The Morgan fingerprint density at radius 2 is 2.00 bits per heavy atom. The number of aromatic amines is 1. The van der Waals surface area contributed by atoms with E-state index in [0.717, 1.165) is 6.26 Å². The number of benzene rings is 1. The second-order valence-electron chi connectivity index (χ2n) is 9.57. The quantitative estimate of drug-likeness (QED) is 0.538. The Hall–Kier alpha value is -3.12. The number of carbonyl (C=O) groups excluding carboxylic acids is 1. The Morgan fingerprint density at radius 1 is 1.28 bits per heavy atom. The first-order valence-corrected chi connectivity index (χ1v) is 13.7. The number of carbonyl (C=O) groups is 1. The fraction of sp³-hybridized carbons (Fsp3) is 0.458. The van der Waals surface area contributed by atoms with Gasteiger partial charge in [-0.15, -0.1) is 0 Å². The molecule has 0 radical (unpaired) electrons. The molecule has 1 aromatic carbocycles. The van der Waals surface area contributed by atoms with Crippen LogP contribution in [0, 0.1) is 0 Å². The molecule has 3 aromatic rings. The second kappa shape index (κ2) is 8.77. The number of sulfonamides is 1. The van der Waals surface area contributed by atoms with E-state index in [1.807, 2.05) is 0 Å². The average Bonchev–Trinajstić information content (AvgIpc) is 3.44. The summed E-state index contributed by atoms with van der Waals surface area (Å²) < 4.78 is 55.0. The van der Waals surface area contributed by atoms with E-state index in [4.69, 9.17) is 0 Å². The molecule has 0 bridgehead atoms. The lowest BCUT2D eigenvalue weighted by Crippen LogP contribution is -2.40. The van der Waals surface area contributed by atoms with E-state index in [9.17, 15) is 26.8 Å². The average molecular weight is 520 g/mol. The molecular weight excluding hydrogens is 492 g/mol. The number of hydrogen-bond acceptors (Lipinski definition) is 5. The van der Waals surface area contributed by atoms with Gasteiger partial charge in [0.05, 0.1) is 23.2 Å². The standard InChI is InChI=1S/C24H27F2N5O4S/c1-14(16-4-3-5-20-17(16)6-9-24(20,25)26)28-22(32)19-13-31(23(33)18-12-27-29-21(18)19)15-7-10-30(11-8-15)36(2,34)35/h3-5,12-15H,6-11H2,1-2H3,(H,27,29)(H,28,32). The Balaban J connectivity index is 1.44. The van der Waals surface area contributed by atoms with Gasteiger partial charge in [-0.2, -0.15) is 5.10 Å². The highest BCUT2D eigenvalue weighted by molar-refractivity contribution is 7.88. The smallest absolute Gasteiger partial charge is 0.273 e. The van der Waals surface area contributed by atoms with Gasteiger partial charge in [0.15, 0.2) is 0 Å². The van der Waals surface area contributed by atoms with E-state index in [1.54, 1.807) is 19.1 Å². The predicted molar refractivity (Wildman–Crippen MR) is 130 cm³/mol. The fourth-order valence-corrected chi connectivity index (χ4v) is 6.22. The molecule has 1 saturated heterocycles. The first-order chi connectivity index (χ1) is 17.0. The Labute approximate surface area is 206 Å². The maximum Gasteiger partial charge on any atom is 0.273 e. The van der Waals surface area contributed by atoms with Crippen LogP contribution in [0.3, 0.4) is 0 Å².